The number of methoxy groups -OCH3 is 1. The van der Waals surface area contributed by atoms with E-state index in [1.54, 1.807) is 7.11 Å². The maximum absolute atomic E-state index is 12.2. The van der Waals surface area contributed by atoms with Crippen LogP contribution in [0.25, 0.3) is 0 Å². The molecule has 0 heterocycles. The highest BCUT2D eigenvalue weighted by molar-refractivity contribution is 5.99. The fraction of sp³-hybridized carbons (Fsp3) is 0.562. The highest BCUT2D eigenvalue weighted by Crippen LogP contribution is 2.15. The summed E-state index contributed by atoms with van der Waals surface area (Å²) in [4.78, 5) is 12.2. The molecule has 1 amide bonds. The minimum absolute atomic E-state index is 0.0134. The minimum atomic E-state index is -0.0134. The Morgan fingerprint density at radius 1 is 1.20 bits per heavy atom. The molecule has 1 aromatic carbocycles. The smallest absolute Gasteiger partial charge is 0.253 e. The molecular formula is C16H26N2O2. The second-order valence-corrected chi connectivity index (χ2v) is 5.15. The molecule has 20 heavy (non-hydrogen) atoms. The standard InChI is InChI=1S/C16H26N2O2/c1-13(2)18-15-10-6-5-9-14(15)16(19)17-11-7-4-8-12-20-3/h5-6,9-10,13,18H,4,7-8,11-12H2,1-3H3,(H,17,19). The summed E-state index contributed by atoms with van der Waals surface area (Å²) in [5, 5.41) is 6.26. The van der Waals surface area contributed by atoms with Gasteiger partial charge in [-0.15, -0.1) is 0 Å². The van der Waals surface area contributed by atoms with Crippen molar-refractivity contribution < 1.29 is 9.53 Å². The molecule has 0 saturated carbocycles. The Balaban J connectivity index is 2.43. The predicted molar refractivity (Wildman–Crippen MR) is 83.3 cm³/mol. The van der Waals surface area contributed by atoms with Crippen molar-refractivity contribution in [2.45, 2.75) is 39.2 Å². The summed E-state index contributed by atoms with van der Waals surface area (Å²) in [6.45, 7) is 5.61. The van der Waals surface area contributed by atoms with Gasteiger partial charge in [0.05, 0.1) is 5.56 Å². The van der Waals surface area contributed by atoms with E-state index in [9.17, 15) is 4.79 Å². The number of hydrogen-bond donors (Lipinski definition) is 2. The van der Waals surface area contributed by atoms with E-state index in [0.29, 0.717) is 18.2 Å². The van der Waals surface area contributed by atoms with Crippen LogP contribution in [0.1, 0.15) is 43.5 Å². The Morgan fingerprint density at radius 2 is 1.95 bits per heavy atom. The Morgan fingerprint density at radius 3 is 2.65 bits per heavy atom. The van der Waals surface area contributed by atoms with E-state index in [4.69, 9.17) is 4.74 Å². The number of amides is 1. The summed E-state index contributed by atoms with van der Waals surface area (Å²) >= 11 is 0. The molecule has 0 saturated heterocycles. The molecular weight excluding hydrogens is 252 g/mol. The molecule has 0 fully saturated rings. The third kappa shape index (κ3) is 6.06. The summed E-state index contributed by atoms with van der Waals surface area (Å²) in [5.74, 6) is -0.0134. The SMILES string of the molecule is COCCCCCNC(=O)c1ccccc1NC(C)C. The van der Waals surface area contributed by atoms with Crippen molar-refractivity contribution in [3.8, 4) is 0 Å². The Labute approximate surface area is 121 Å². The van der Waals surface area contributed by atoms with Crippen LogP contribution in [-0.4, -0.2) is 32.2 Å². The van der Waals surface area contributed by atoms with Gasteiger partial charge in [-0.25, -0.2) is 0 Å². The molecule has 4 heteroatoms. The zero-order chi connectivity index (χ0) is 14.8. The number of unbranched alkanes of at least 4 members (excludes halogenated alkanes) is 2. The van der Waals surface area contributed by atoms with Gasteiger partial charge in [0.1, 0.15) is 0 Å². The van der Waals surface area contributed by atoms with Crippen molar-refractivity contribution in [3.63, 3.8) is 0 Å². The van der Waals surface area contributed by atoms with Gasteiger partial charge < -0.3 is 15.4 Å². The molecule has 0 aliphatic rings. The van der Waals surface area contributed by atoms with Gasteiger partial charge in [-0.1, -0.05) is 12.1 Å². The molecule has 1 aromatic rings. The van der Waals surface area contributed by atoms with Crippen LogP contribution in [0.4, 0.5) is 5.69 Å². The lowest BCUT2D eigenvalue weighted by atomic mass is 10.1. The predicted octanol–water partition coefficient (Wildman–Crippen LogP) is 3.05. The van der Waals surface area contributed by atoms with E-state index in [0.717, 1.165) is 31.6 Å². The van der Waals surface area contributed by atoms with Crippen LogP contribution in [0, 0.1) is 0 Å². The van der Waals surface area contributed by atoms with E-state index in [1.807, 2.05) is 24.3 Å². The number of carbonyl (C=O) groups is 1. The Kier molecular flexibility index (Phi) is 7.73. The number of hydrogen-bond acceptors (Lipinski definition) is 3. The zero-order valence-corrected chi connectivity index (χ0v) is 12.7. The van der Waals surface area contributed by atoms with Crippen LogP contribution in [-0.2, 0) is 4.74 Å². The lowest BCUT2D eigenvalue weighted by Crippen LogP contribution is -2.26. The summed E-state index contributed by atoms with van der Waals surface area (Å²) < 4.78 is 5.00. The fourth-order valence-corrected chi connectivity index (χ4v) is 1.96. The first-order chi connectivity index (χ1) is 9.65. The normalized spacial score (nSPS) is 10.6. The van der Waals surface area contributed by atoms with E-state index in [2.05, 4.69) is 24.5 Å². The van der Waals surface area contributed by atoms with Crippen LogP contribution >= 0.6 is 0 Å². The second kappa shape index (κ2) is 9.37. The molecule has 0 atom stereocenters. The van der Waals surface area contributed by atoms with Crippen LogP contribution in [0.2, 0.25) is 0 Å². The van der Waals surface area contributed by atoms with Gasteiger partial charge in [0.15, 0.2) is 0 Å². The van der Waals surface area contributed by atoms with Gasteiger partial charge in [-0.05, 0) is 45.2 Å². The molecule has 2 N–H and O–H groups in total. The number of ether oxygens (including phenoxy) is 1. The van der Waals surface area contributed by atoms with Crippen LogP contribution < -0.4 is 10.6 Å². The third-order valence-corrected chi connectivity index (χ3v) is 2.93. The van der Waals surface area contributed by atoms with Gasteiger partial charge in [0.2, 0.25) is 0 Å². The van der Waals surface area contributed by atoms with Gasteiger partial charge in [0.25, 0.3) is 5.91 Å². The lowest BCUT2D eigenvalue weighted by Gasteiger charge is -2.14. The largest absolute Gasteiger partial charge is 0.385 e. The van der Waals surface area contributed by atoms with Crippen molar-refractivity contribution >= 4 is 11.6 Å². The molecule has 1 rings (SSSR count). The number of benzene rings is 1. The first kappa shape index (κ1) is 16.5. The summed E-state index contributed by atoms with van der Waals surface area (Å²) in [6.07, 6.45) is 3.09. The van der Waals surface area contributed by atoms with Gasteiger partial charge in [-0.3, -0.25) is 4.79 Å². The van der Waals surface area contributed by atoms with Gasteiger partial charge in [-0.2, -0.15) is 0 Å². The number of nitrogens with one attached hydrogen (secondary N) is 2. The van der Waals surface area contributed by atoms with Crippen LogP contribution in [0.5, 0.6) is 0 Å². The molecule has 112 valence electrons. The quantitative estimate of drug-likeness (QED) is 0.683. The molecule has 0 radical (unpaired) electrons. The van der Waals surface area contributed by atoms with E-state index in [1.165, 1.54) is 0 Å². The fourth-order valence-electron chi connectivity index (χ4n) is 1.96. The third-order valence-electron chi connectivity index (χ3n) is 2.93. The molecule has 0 aliphatic heterocycles. The monoisotopic (exact) mass is 278 g/mol. The zero-order valence-electron chi connectivity index (χ0n) is 12.7. The lowest BCUT2D eigenvalue weighted by molar-refractivity contribution is 0.0953. The Hall–Kier alpha value is -1.55. The second-order valence-electron chi connectivity index (χ2n) is 5.15. The molecule has 0 aromatic heterocycles. The molecule has 0 spiro atoms. The average molecular weight is 278 g/mol. The summed E-state index contributed by atoms with van der Waals surface area (Å²) in [6, 6.07) is 7.92. The number of carbonyl (C=O) groups excluding carboxylic acids is 1. The van der Waals surface area contributed by atoms with Crippen LogP contribution in [0.3, 0.4) is 0 Å². The average Bonchev–Trinajstić information content (AvgIpc) is 2.42. The minimum Gasteiger partial charge on any atom is -0.385 e. The molecule has 0 unspecified atom stereocenters. The number of anilines is 1. The van der Waals surface area contributed by atoms with Gasteiger partial charge in [0, 0.05) is 32.0 Å². The van der Waals surface area contributed by atoms with E-state index in [-0.39, 0.29) is 5.91 Å². The van der Waals surface area contributed by atoms with E-state index >= 15 is 0 Å². The first-order valence-electron chi connectivity index (χ1n) is 7.28. The highest BCUT2D eigenvalue weighted by atomic mass is 16.5. The first-order valence-corrected chi connectivity index (χ1v) is 7.28. The number of rotatable bonds is 9. The summed E-state index contributed by atoms with van der Waals surface area (Å²) in [5.41, 5.74) is 1.59. The Bertz CT molecular complexity index is 405. The summed E-state index contributed by atoms with van der Waals surface area (Å²) in [7, 11) is 1.71. The van der Waals surface area contributed by atoms with Crippen molar-refractivity contribution in [2.24, 2.45) is 0 Å². The van der Waals surface area contributed by atoms with Crippen molar-refractivity contribution in [3.05, 3.63) is 29.8 Å². The molecule has 0 aliphatic carbocycles. The maximum Gasteiger partial charge on any atom is 0.253 e. The van der Waals surface area contributed by atoms with E-state index < -0.39 is 0 Å². The van der Waals surface area contributed by atoms with Crippen molar-refractivity contribution in [2.75, 3.05) is 25.6 Å². The molecule has 4 nitrogen and oxygen atoms in total. The topological polar surface area (TPSA) is 50.4 Å². The highest BCUT2D eigenvalue weighted by Gasteiger charge is 2.10. The van der Waals surface area contributed by atoms with Crippen molar-refractivity contribution in [1.82, 2.24) is 5.32 Å². The van der Waals surface area contributed by atoms with Crippen molar-refractivity contribution in [1.29, 1.82) is 0 Å². The van der Waals surface area contributed by atoms with Gasteiger partial charge >= 0.3 is 0 Å². The molecule has 0 bridgehead atoms. The van der Waals surface area contributed by atoms with Crippen LogP contribution in [0.15, 0.2) is 24.3 Å². The maximum atomic E-state index is 12.2. The number of para-hydroxylation sites is 1.